The van der Waals surface area contributed by atoms with Crippen LogP contribution < -0.4 is 4.72 Å². The van der Waals surface area contributed by atoms with Crippen molar-refractivity contribution in [2.24, 2.45) is 0 Å². The molecule has 0 amide bonds. The second-order valence-electron chi connectivity index (χ2n) is 3.06. The third-order valence-corrected chi connectivity index (χ3v) is 2.77. The number of carbonyl (C=O) groups is 1. The molecule has 0 aromatic carbocycles. The Bertz CT molecular complexity index is 513. The average Bonchev–Trinajstić information content (AvgIpc) is 2.08. The second kappa shape index (κ2) is 4.39. The van der Waals surface area contributed by atoms with E-state index in [1.165, 1.54) is 0 Å². The molecular weight excluding hydrogens is 236 g/mol. The van der Waals surface area contributed by atoms with Gasteiger partial charge >= 0.3 is 5.97 Å². The Morgan fingerprint density at radius 3 is 2.44 bits per heavy atom. The van der Waals surface area contributed by atoms with Crippen LogP contribution in [0.5, 0.6) is 0 Å². The summed E-state index contributed by atoms with van der Waals surface area (Å²) in [6, 6.07) is 0. The quantitative estimate of drug-likeness (QED) is 0.721. The normalized spacial score (nSPS) is 11.1. The predicted molar refractivity (Wildman–Crippen MR) is 54.3 cm³/mol. The number of aromatic nitrogens is 3. The summed E-state index contributed by atoms with van der Waals surface area (Å²) in [5, 5.41) is 15.5. The molecule has 1 aromatic rings. The molecule has 0 aliphatic rings. The van der Waals surface area contributed by atoms with Gasteiger partial charge in [0.15, 0.2) is 5.75 Å². The summed E-state index contributed by atoms with van der Waals surface area (Å²) < 4.78 is 24.3. The molecule has 0 saturated carbocycles. The SMILES string of the molecule is Cc1nnc(NS(=O)(=O)CC(=O)O)nc1C. The number of aryl methyl sites for hydroxylation is 2. The summed E-state index contributed by atoms with van der Waals surface area (Å²) in [5.41, 5.74) is 1.09. The minimum Gasteiger partial charge on any atom is -0.480 e. The molecule has 0 spiro atoms. The molecule has 88 valence electrons. The maximum Gasteiger partial charge on any atom is 0.320 e. The van der Waals surface area contributed by atoms with Crippen LogP contribution in [-0.4, -0.2) is 40.4 Å². The molecule has 0 saturated heterocycles. The molecular formula is C7H10N4O4S. The monoisotopic (exact) mass is 246 g/mol. The van der Waals surface area contributed by atoms with Gasteiger partial charge in [0.05, 0.1) is 11.4 Å². The Hall–Kier alpha value is -1.77. The minimum atomic E-state index is -3.98. The fourth-order valence-corrected chi connectivity index (χ4v) is 1.60. The number of hydrogen-bond donors (Lipinski definition) is 2. The van der Waals surface area contributed by atoms with Gasteiger partial charge in [-0.2, -0.15) is 5.10 Å². The van der Waals surface area contributed by atoms with E-state index in [0.29, 0.717) is 11.4 Å². The second-order valence-corrected chi connectivity index (χ2v) is 4.78. The summed E-state index contributed by atoms with van der Waals surface area (Å²) in [4.78, 5) is 14.1. The Morgan fingerprint density at radius 1 is 1.31 bits per heavy atom. The van der Waals surface area contributed by atoms with E-state index in [2.05, 4.69) is 15.2 Å². The molecule has 2 N–H and O–H groups in total. The van der Waals surface area contributed by atoms with Gasteiger partial charge in [-0.15, -0.1) is 5.10 Å². The van der Waals surface area contributed by atoms with E-state index in [9.17, 15) is 13.2 Å². The zero-order valence-electron chi connectivity index (χ0n) is 8.63. The van der Waals surface area contributed by atoms with Crippen molar-refractivity contribution in [1.82, 2.24) is 15.2 Å². The Labute approximate surface area is 91.8 Å². The molecule has 16 heavy (non-hydrogen) atoms. The standard InChI is InChI=1S/C7H10N4O4S/c1-4-5(2)9-10-7(8-4)11-16(14,15)3-6(12)13/h3H2,1-2H3,(H,12,13)(H,8,10,11). The first kappa shape index (κ1) is 12.3. The Kier molecular flexibility index (Phi) is 3.38. The van der Waals surface area contributed by atoms with Crippen LogP contribution in [0.1, 0.15) is 11.4 Å². The zero-order valence-corrected chi connectivity index (χ0v) is 9.45. The van der Waals surface area contributed by atoms with Crippen molar-refractivity contribution in [2.45, 2.75) is 13.8 Å². The largest absolute Gasteiger partial charge is 0.480 e. The van der Waals surface area contributed by atoms with E-state index in [4.69, 9.17) is 5.11 Å². The third kappa shape index (κ3) is 3.42. The van der Waals surface area contributed by atoms with Gasteiger partial charge in [0.25, 0.3) is 5.95 Å². The first-order valence-electron chi connectivity index (χ1n) is 4.20. The van der Waals surface area contributed by atoms with Gasteiger partial charge in [-0.25, -0.2) is 18.1 Å². The first-order chi connectivity index (χ1) is 7.30. The van der Waals surface area contributed by atoms with Gasteiger partial charge in [-0.05, 0) is 13.8 Å². The van der Waals surface area contributed by atoms with E-state index < -0.39 is 21.7 Å². The van der Waals surface area contributed by atoms with Gasteiger partial charge < -0.3 is 5.11 Å². The van der Waals surface area contributed by atoms with Crippen LogP contribution in [0, 0.1) is 13.8 Å². The van der Waals surface area contributed by atoms with Crippen LogP contribution in [0.3, 0.4) is 0 Å². The van der Waals surface area contributed by atoms with Crippen molar-refractivity contribution in [2.75, 3.05) is 10.5 Å². The zero-order chi connectivity index (χ0) is 12.3. The van der Waals surface area contributed by atoms with Crippen LogP contribution in [0.4, 0.5) is 5.95 Å². The molecule has 0 radical (unpaired) electrons. The minimum absolute atomic E-state index is 0.232. The highest BCUT2D eigenvalue weighted by molar-refractivity contribution is 7.93. The van der Waals surface area contributed by atoms with Crippen LogP contribution in [0.2, 0.25) is 0 Å². The lowest BCUT2D eigenvalue weighted by atomic mass is 10.4. The Morgan fingerprint density at radius 2 is 1.94 bits per heavy atom. The van der Waals surface area contributed by atoms with E-state index >= 15 is 0 Å². The molecule has 0 aliphatic carbocycles. The maximum atomic E-state index is 11.2. The first-order valence-corrected chi connectivity index (χ1v) is 5.85. The molecule has 0 aliphatic heterocycles. The van der Waals surface area contributed by atoms with Crippen LogP contribution in [-0.2, 0) is 14.8 Å². The molecule has 0 fully saturated rings. The highest BCUT2D eigenvalue weighted by Gasteiger charge is 2.17. The van der Waals surface area contributed by atoms with Gasteiger partial charge in [-0.3, -0.25) is 4.79 Å². The number of carboxylic acids is 1. The van der Waals surface area contributed by atoms with Gasteiger partial charge in [0.1, 0.15) is 0 Å². The average molecular weight is 246 g/mol. The molecule has 1 rings (SSSR count). The third-order valence-electron chi connectivity index (χ3n) is 1.65. The lowest BCUT2D eigenvalue weighted by Crippen LogP contribution is -2.24. The number of nitrogens with zero attached hydrogens (tertiary/aromatic N) is 3. The summed E-state index contributed by atoms with van der Waals surface area (Å²) in [6.07, 6.45) is 0. The van der Waals surface area contributed by atoms with Crippen molar-refractivity contribution in [3.63, 3.8) is 0 Å². The lowest BCUT2D eigenvalue weighted by molar-refractivity contribution is -0.134. The topological polar surface area (TPSA) is 122 Å². The maximum absolute atomic E-state index is 11.2. The van der Waals surface area contributed by atoms with E-state index in [-0.39, 0.29) is 5.95 Å². The van der Waals surface area contributed by atoms with Crippen molar-refractivity contribution < 1.29 is 18.3 Å². The number of sulfonamides is 1. The smallest absolute Gasteiger partial charge is 0.320 e. The molecule has 0 unspecified atom stereocenters. The van der Waals surface area contributed by atoms with Crippen molar-refractivity contribution in [3.05, 3.63) is 11.4 Å². The summed E-state index contributed by atoms with van der Waals surface area (Å²) in [5.74, 6) is -2.72. The van der Waals surface area contributed by atoms with Crippen LogP contribution >= 0.6 is 0 Å². The molecule has 1 aromatic heterocycles. The van der Waals surface area contributed by atoms with Crippen molar-refractivity contribution in [1.29, 1.82) is 0 Å². The predicted octanol–water partition coefficient (Wildman–Crippen LogP) is -0.685. The number of anilines is 1. The lowest BCUT2D eigenvalue weighted by Gasteiger charge is -2.04. The highest BCUT2D eigenvalue weighted by Crippen LogP contribution is 2.04. The van der Waals surface area contributed by atoms with Crippen LogP contribution in [0.15, 0.2) is 0 Å². The summed E-state index contributed by atoms with van der Waals surface area (Å²) >= 11 is 0. The fraction of sp³-hybridized carbons (Fsp3) is 0.429. The summed E-state index contributed by atoms with van der Waals surface area (Å²) in [6.45, 7) is 3.31. The van der Waals surface area contributed by atoms with E-state index in [1.54, 1.807) is 13.8 Å². The summed E-state index contributed by atoms with van der Waals surface area (Å²) in [7, 11) is -3.98. The number of rotatable bonds is 4. The van der Waals surface area contributed by atoms with E-state index in [0.717, 1.165) is 0 Å². The molecule has 9 heteroatoms. The van der Waals surface area contributed by atoms with E-state index in [1.807, 2.05) is 4.72 Å². The number of nitrogens with one attached hydrogen (secondary N) is 1. The molecule has 0 atom stereocenters. The van der Waals surface area contributed by atoms with Crippen molar-refractivity contribution >= 4 is 21.9 Å². The highest BCUT2D eigenvalue weighted by atomic mass is 32.2. The molecule has 8 nitrogen and oxygen atoms in total. The number of carboxylic acid groups (broad SMARTS) is 1. The number of hydrogen-bond acceptors (Lipinski definition) is 6. The molecule has 0 bridgehead atoms. The van der Waals surface area contributed by atoms with Crippen molar-refractivity contribution in [3.8, 4) is 0 Å². The fourth-order valence-electron chi connectivity index (χ4n) is 0.838. The van der Waals surface area contributed by atoms with Gasteiger partial charge in [0.2, 0.25) is 10.0 Å². The van der Waals surface area contributed by atoms with Gasteiger partial charge in [0, 0.05) is 0 Å². The van der Waals surface area contributed by atoms with Crippen LogP contribution in [0.25, 0.3) is 0 Å². The molecule has 1 heterocycles. The Balaban J connectivity index is 2.88. The number of aliphatic carboxylic acids is 1. The van der Waals surface area contributed by atoms with Gasteiger partial charge in [-0.1, -0.05) is 0 Å².